The van der Waals surface area contributed by atoms with Crippen LogP contribution in [0.5, 0.6) is 5.75 Å². The first kappa shape index (κ1) is 28.8. The van der Waals surface area contributed by atoms with Gasteiger partial charge in [0.05, 0.1) is 17.7 Å². The Bertz CT molecular complexity index is 1740. The molecule has 222 valence electrons. The summed E-state index contributed by atoms with van der Waals surface area (Å²) in [5.41, 5.74) is 3.95. The number of rotatable bonds is 7. The van der Waals surface area contributed by atoms with Crippen LogP contribution in [0.2, 0.25) is 0 Å². The van der Waals surface area contributed by atoms with Crippen molar-refractivity contribution in [3.05, 3.63) is 93.8 Å². The Hall–Kier alpha value is -5.26. The number of imide groups is 1. The van der Waals surface area contributed by atoms with Crippen LogP contribution in [0.25, 0.3) is 0 Å². The van der Waals surface area contributed by atoms with Crippen molar-refractivity contribution in [1.29, 1.82) is 10.5 Å². The maximum absolute atomic E-state index is 15.1. The summed E-state index contributed by atoms with van der Waals surface area (Å²) in [5.74, 6) is -1.03. The topological polar surface area (TPSA) is 130 Å². The fourth-order valence-electron chi connectivity index (χ4n) is 6.00. The van der Waals surface area contributed by atoms with Crippen molar-refractivity contribution in [2.24, 2.45) is 0 Å². The number of nitriles is 2. The van der Waals surface area contributed by atoms with E-state index in [0.29, 0.717) is 40.1 Å². The van der Waals surface area contributed by atoms with Gasteiger partial charge in [0.1, 0.15) is 36.4 Å². The highest BCUT2D eigenvalue weighted by molar-refractivity contribution is 6.05. The molecule has 3 aliphatic heterocycles. The number of carbonyl (C=O) groups excluding carboxylic acids is 3. The molecule has 3 aliphatic rings. The second kappa shape index (κ2) is 12.2. The van der Waals surface area contributed by atoms with Gasteiger partial charge in [-0.15, -0.1) is 0 Å². The van der Waals surface area contributed by atoms with Gasteiger partial charge >= 0.3 is 0 Å². The third kappa shape index (κ3) is 5.70. The Morgan fingerprint density at radius 2 is 1.75 bits per heavy atom. The minimum Gasteiger partial charge on any atom is -0.488 e. The van der Waals surface area contributed by atoms with E-state index in [0.717, 1.165) is 37.4 Å². The third-order valence-corrected chi connectivity index (χ3v) is 8.43. The molecule has 2 fully saturated rings. The molecule has 3 aromatic carbocycles. The van der Waals surface area contributed by atoms with Crippen LogP contribution in [0.3, 0.4) is 0 Å². The van der Waals surface area contributed by atoms with Crippen molar-refractivity contribution in [3.63, 3.8) is 0 Å². The van der Waals surface area contributed by atoms with E-state index in [1.165, 1.54) is 11.0 Å². The lowest BCUT2D eigenvalue weighted by Gasteiger charge is -2.36. The number of nitrogens with zero attached hydrogens (tertiary/aromatic N) is 5. The molecule has 0 spiro atoms. The molecule has 6 rings (SSSR count). The summed E-state index contributed by atoms with van der Waals surface area (Å²) in [6.45, 7) is 3.77. The molecule has 1 atom stereocenters. The molecule has 0 unspecified atom stereocenters. The summed E-state index contributed by atoms with van der Waals surface area (Å²) in [4.78, 5) is 42.9. The Labute approximate surface area is 253 Å². The van der Waals surface area contributed by atoms with Crippen LogP contribution < -0.4 is 15.0 Å². The van der Waals surface area contributed by atoms with Crippen molar-refractivity contribution in [2.45, 2.75) is 38.6 Å². The molecule has 0 saturated carbocycles. The highest BCUT2D eigenvalue weighted by Crippen LogP contribution is 2.34. The number of halogens is 1. The number of piperazine rings is 1. The second-order valence-corrected chi connectivity index (χ2v) is 11.1. The lowest BCUT2D eigenvalue weighted by atomic mass is 10.0. The quantitative estimate of drug-likeness (QED) is 0.414. The zero-order valence-electron chi connectivity index (χ0n) is 23.9. The number of fused-ring (bicyclic) bond motifs is 1. The number of anilines is 1. The molecule has 0 aliphatic carbocycles. The van der Waals surface area contributed by atoms with Crippen LogP contribution in [-0.4, -0.2) is 59.7 Å². The number of nitrogens with one attached hydrogen (secondary N) is 1. The van der Waals surface area contributed by atoms with Gasteiger partial charge in [-0.25, -0.2) is 4.39 Å². The molecule has 3 amide bonds. The molecule has 10 nitrogen and oxygen atoms in total. The van der Waals surface area contributed by atoms with Crippen LogP contribution in [0.1, 0.15) is 51.0 Å². The minimum absolute atomic E-state index is 0.0247. The van der Waals surface area contributed by atoms with Crippen LogP contribution in [0.4, 0.5) is 10.1 Å². The summed E-state index contributed by atoms with van der Waals surface area (Å²) in [7, 11) is 0. The van der Waals surface area contributed by atoms with Crippen LogP contribution in [0, 0.1) is 28.5 Å². The average Bonchev–Trinajstić information content (AvgIpc) is 3.37. The van der Waals surface area contributed by atoms with E-state index in [1.807, 2.05) is 18.2 Å². The average molecular weight is 593 g/mol. The minimum atomic E-state index is -0.721. The molecular formula is C33H29FN6O4. The molecule has 0 aromatic heterocycles. The van der Waals surface area contributed by atoms with E-state index >= 15 is 4.39 Å². The highest BCUT2D eigenvalue weighted by Gasteiger charge is 2.40. The summed E-state index contributed by atoms with van der Waals surface area (Å²) in [5, 5.41) is 20.8. The largest absolute Gasteiger partial charge is 0.488 e. The van der Waals surface area contributed by atoms with Crippen LogP contribution in [0.15, 0.2) is 54.6 Å². The molecule has 44 heavy (non-hydrogen) atoms. The van der Waals surface area contributed by atoms with Crippen LogP contribution in [-0.2, 0) is 29.3 Å². The maximum Gasteiger partial charge on any atom is 0.255 e. The third-order valence-electron chi connectivity index (χ3n) is 8.43. The van der Waals surface area contributed by atoms with Crippen molar-refractivity contribution in [1.82, 2.24) is 15.1 Å². The summed E-state index contributed by atoms with van der Waals surface area (Å²) in [6, 6.07) is 18.9. The number of amides is 3. The molecule has 3 heterocycles. The van der Waals surface area contributed by atoms with Gasteiger partial charge in [-0.2, -0.15) is 10.5 Å². The number of benzene rings is 3. The second-order valence-electron chi connectivity index (χ2n) is 11.1. The zero-order valence-corrected chi connectivity index (χ0v) is 23.9. The van der Waals surface area contributed by atoms with Gasteiger partial charge in [0, 0.05) is 61.5 Å². The first-order chi connectivity index (χ1) is 21.3. The number of carbonyl (C=O) groups is 3. The van der Waals surface area contributed by atoms with Gasteiger partial charge in [-0.1, -0.05) is 18.2 Å². The first-order valence-electron chi connectivity index (χ1n) is 14.4. The predicted octanol–water partition coefficient (Wildman–Crippen LogP) is 3.23. The zero-order chi connectivity index (χ0) is 30.8. The summed E-state index contributed by atoms with van der Waals surface area (Å²) >= 11 is 0. The van der Waals surface area contributed by atoms with E-state index < -0.39 is 11.9 Å². The fraction of sp³-hybridized carbons (Fsp3) is 0.303. The molecule has 1 N–H and O–H groups in total. The van der Waals surface area contributed by atoms with E-state index in [-0.39, 0.29) is 43.6 Å². The van der Waals surface area contributed by atoms with E-state index in [4.69, 9.17) is 10.00 Å². The lowest BCUT2D eigenvalue weighted by molar-refractivity contribution is -0.136. The van der Waals surface area contributed by atoms with Gasteiger partial charge in [-0.05, 0) is 48.4 Å². The number of piperidine rings is 1. The van der Waals surface area contributed by atoms with Crippen molar-refractivity contribution < 1.29 is 23.5 Å². The smallest absolute Gasteiger partial charge is 0.255 e. The predicted molar refractivity (Wildman–Crippen MR) is 157 cm³/mol. The number of hydrogen-bond donors (Lipinski definition) is 1. The fourth-order valence-corrected chi connectivity index (χ4v) is 6.00. The number of ether oxygens (including phenoxy) is 1. The van der Waals surface area contributed by atoms with Crippen molar-refractivity contribution in [3.8, 4) is 17.9 Å². The van der Waals surface area contributed by atoms with Gasteiger partial charge < -0.3 is 14.5 Å². The van der Waals surface area contributed by atoms with Crippen molar-refractivity contribution >= 4 is 23.4 Å². The van der Waals surface area contributed by atoms with Gasteiger partial charge in [0.15, 0.2) is 0 Å². The summed E-state index contributed by atoms with van der Waals surface area (Å²) in [6.07, 6.45) is 0.447. The van der Waals surface area contributed by atoms with Crippen molar-refractivity contribution in [2.75, 3.05) is 31.1 Å². The first-order valence-corrected chi connectivity index (χ1v) is 14.4. The maximum atomic E-state index is 15.1. The highest BCUT2D eigenvalue weighted by atomic mass is 19.1. The standard InChI is InChI=1S/C33H29FN6O4/c34-28-14-21(18-38-10-12-39(13-11-38)25-7-6-22(16-35)24(15-25)17-36)4-5-23(28)20-44-30-3-1-2-26-27(30)19-40(33(26)43)29-8-9-31(41)37-32(29)42/h1-7,14-15,29H,8-13,18-20H2,(H,37,41,42)/t29-/m0/s1. The Morgan fingerprint density at radius 3 is 2.48 bits per heavy atom. The Morgan fingerprint density at radius 1 is 0.955 bits per heavy atom. The molecule has 2 saturated heterocycles. The van der Waals surface area contributed by atoms with Gasteiger partial charge in [0.2, 0.25) is 11.8 Å². The number of hydrogen-bond acceptors (Lipinski definition) is 8. The Balaban J connectivity index is 1.05. The van der Waals surface area contributed by atoms with E-state index in [1.54, 1.807) is 36.4 Å². The Kier molecular flexibility index (Phi) is 7.97. The van der Waals surface area contributed by atoms with E-state index in [9.17, 15) is 19.6 Å². The van der Waals surface area contributed by atoms with E-state index in [2.05, 4.69) is 21.2 Å². The van der Waals surface area contributed by atoms with Gasteiger partial charge in [-0.3, -0.25) is 24.6 Å². The molecule has 11 heteroatoms. The van der Waals surface area contributed by atoms with Gasteiger partial charge in [0.25, 0.3) is 5.91 Å². The lowest BCUT2D eigenvalue weighted by Crippen LogP contribution is -2.52. The molecule has 0 radical (unpaired) electrons. The molecule has 0 bridgehead atoms. The molecule has 3 aromatic rings. The SMILES string of the molecule is N#Cc1ccc(N2CCN(Cc3ccc(COc4cccc5c4CN([C@H]4CCC(=O)NC4=O)C5=O)c(F)c3)CC2)cc1C#N. The molecular weight excluding hydrogens is 563 g/mol. The monoisotopic (exact) mass is 592 g/mol. The normalized spacial score (nSPS) is 18.4. The van der Waals surface area contributed by atoms with Crippen LogP contribution >= 0.6 is 0 Å². The summed E-state index contributed by atoms with van der Waals surface area (Å²) < 4.78 is 21.1.